The molecular weight excluding hydrogens is 222 g/mol. The van der Waals surface area contributed by atoms with Crippen LogP contribution in [0.4, 0.5) is 0 Å². The number of methoxy groups -OCH3 is 1. The minimum absolute atomic E-state index is 0.582. The highest BCUT2D eigenvalue weighted by Gasteiger charge is 2.06. The average Bonchev–Trinajstić information content (AvgIpc) is 2.38. The van der Waals surface area contributed by atoms with E-state index >= 15 is 0 Å². The highest BCUT2D eigenvalue weighted by atomic mass is 16.5. The number of hydrogen-bond acceptors (Lipinski definition) is 2. The van der Waals surface area contributed by atoms with E-state index in [1.165, 1.54) is 24.0 Å². The molecule has 0 saturated carbocycles. The van der Waals surface area contributed by atoms with Gasteiger partial charge in [0.2, 0.25) is 0 Å². The van der Waals surface area contributed by atoms with Crippen LogP contribution in [0.5, 0.6) is 0 Å². The monoisotopic (exact) mass is 249 g/mol. The van der Waals surface area contributed by atoms with Gasteiger partial charge < -0.3 is 10.1 Å². The van der Waals surface area contributed by atoms with Crippen LogP contribution in [0, 0.1) is 5.92 Å². The van der Waals surface area contributed by atoms with E-state index in [0.29, 0.717) is 12.6 Å². The van der Waals surface area contributed by atoms with Gasteiger partial charge in [0.25, 0.3) is 0 Å². The summed E-state index contributed by atoms with van der Waals surface area (Å²) in [7, 11) is 1.73. The fraction of sp³-hybridized carbons (Fsp3) is 0.625. The summed E-state index contributed by atoms with van der Waals surface area (Å²) in [6, 6.07) is 9.22. The van der Waals surface area contributed by atoms with Gasteiger partial charge in [-0.1, -0.05) is 44.5 Å². The van der Waals surface area contributed by atoms with Crippen molar-refractivity contribution >= 4 is 0 Å². The third-order valence-electron chi connectivity index (χ3n) is 3.44. The number of hydrogen-bond donors (Lipinski definition) is 1. The molecule has 0 heterocycles. The maximum Gasteiger partial charge on any atom is 0.0713 e. The molecule has 0 radical (unpaired) electrons. The number of benzene rings is 1. The molecule has 1 aromatic rings. The summed E-state index contributed by atoms with van der Waals surface area (Å²) in [5.74, 6) is 0.802. The first-order valence-corrected chi connectivity index (χ1v) is 6.95. The lowest BCUT2D eigenvalue weighted by Crippen LogP contribution is -2.27. The van der Waals surface area contributed by atoms with Crippen LogP contribution >= 0.6 is 0 Å². The van der Waals surface area contributed by atoms with Crippen LogP contribution in [-0.2, 0) is 17.9 Å². The van der Waals surface area contributed by atoms with Gasteiger partial charge >= 0.3 is 0 Å². The Morgan fingerprint density at radius 2 is 1.72 bits per heavy atom. The topological polar surface area (TPSA) is 21.3 Å². The Labute approximate surface area is 112 Å². The number of rotatable bonds is 8. The molecule has 0 aliphatic heterocycles. The third kappa shape index (κ3) is 5.65. The molecule has 0 aliphatic rings. The van der Waals surface area contributed by atoms with Crippen molar-refractivity contribution in [1.29, 1.82) is 0 Å². The van der Waals surface area contributed by atoms with Crippen LogP contribution in [0.2, 0.25) is 0 Å². The van der Waals surface area contributed by atoms with E-state index in [2.05, 4.69) is 50.4 Å². The van der Waals surface area contributed by atoms with Crippen molar-refractivity contribution in [3.8, 4) is 0 Å². The Kier molecular flexibility index (Phi) is 6.99. The van der Waals surface area contributed by atoms with Gasteiger partial charge in [0.1, 0.15) is 0 Å². The molecule has 0 spiro atoms. The summed E-state index contributed by atoms with van der Waals surface area (Å²) >= 11 is 0. The van der Waals surface area contributed by atoms with E-state index < -0.39 is 0 Å². The van der Waals surface area contributed by atoms with Crippen LogP contribution in [0.3, 0.4) is 0 Å². The quantitative estimate of drug-likeness (QED) is 0.757. The molecule has 0 fully saturated rings. The summed E-state index contributed by atoms with van der Waals surface area (Å²) < 4.78 is 5.11. The molecule has 0 bridgehead atoms. The maximum absolute atomic E-state index is 5.11. The largest absolute Gasteiger partial charge is 0.380 e. The second-order valence-corrected chi connectivity index (χ2v) is 5.28. The molecule has 2 atom stereocenters. The molecule has 0 amide bonds. The lowest BCUT2D eigenvalue weighted by molar-refractivity contribution is 0.185. The molecule has 2 heteroatoms. The SMILES string of the molecule is CCC(C)CC(C)NCc1ccc(COC)cc1. The standard InChI is InChI=1S/C16H27NO/c1-5-13(2)10-14(3)17-11-15-6-8-16(9-7-15)12-18-4/h6-9,13-14,17H,5,10-12H2,1-4H3. The number of nitrogens with one attached hydrogen (secondary N) is 1. The van der Waals surface area contributed by atoms with Crippen LogP contribution in [0.1, 0.15) is 44.7 Å². The van der Waals surface area contributed by atoms with Crippen LogP contribution in [0.15, 0.2) is 24.3 Å². The zero-order valence-corrected chi connectivity index (χ0v) is 12.2. The predicted molar refractivity (Wildman–Crippen MR) is 77.5 cm³/mol. The van der Waals surface area contributed by atoms with E-state index in [1.807, 2.05) is 0 Å². The molecule has 1 aromatic carbocycles. The van der Waals surface area contributed by atoms with Gasteiger partial charge in [-0.25, -0.2) is 0 Å². The highest BCUT2D eigenvalue weighted by Crippen LogP contribution is 2.10. The van der Waals surface area contributed by atoms with Gasteiger partial charge in [-0.2, -0.15) is 0 Å². The Bertz CT molecular complexity index is 320. The second-order valence-electron chi connectivity index (χ2n) is 5.28. The van der Waals surface area contributed by atoms with E-state index in [4.69, 9.17) is 4.74 Å². The zero-order valence-electron chi connectivity index (χ0n) is 12.2. The molecular formula is C16H27NO. The molecule has 0 saturated heterocycles. The predicted octanol–water partition coefficient (Wildman–Crippen LogP) is 3.75. The first-order chi connectivity index (χ1) is 8.65. The van der Waals surface area contributed by atoms with Gasteiger partial charge in [-0.15, -0.1) is 0 Å². The fourth-order valence-corrected chi connectivity index (χ4v) is 2.07. The van der Waals surface area contributed by atoms with Crippen molar-refractivity contribution in [2.45, 2.75) is 52.8 Å². The Morgan fingerprint density at radius 3 is 2.28 bits per heavy atom. The summed E-state index contributed by atoms with van der Waals surface area (Å²) in [5.41, 5.74) is 2.57. The van der Waals surface area contributed by atoms with Crippen molar-refractivity contribution in [3.63, 3.8) is 0 Å². The minimum atomic E-state index is 0.582. The van der Waals surface area contributed by atoms with Crippen molar-refractivity contribution in [2.75, 3.05) is 7.11 Å². The Balaban J connectivity index is 2.34. The van der Waals surface area contributed by atoms with Gasteiger partial charge in [-0.05, 0) is 30.4 Å². The molecule has 0 aliphatic carbocycles. The van der Waals surface area contributed by atoms with Crippen molar-refractivity contribution in [2.24, 2.45) is 5.92 Å². The lowest BCUT2D eigenvalue weighted by atomic mass is 10.0. The molecule has 102 valence electrons. The van der Waals surface area contributed by atoms with E-state index in [1.54, 1.807) is 7.11 Å². The molecule has 2 nitrogen and oxygen atoms in total. The summed E-state index contributed by atoms with van der Waals surface area (Å²) in [6.07, 6.45) is 2.51. The molecule has 1 rings (SSSR count). The fourth-order valence-electron chi connectivity index (χ4n) is 2.07. The molecule has 18 heavy (non-hydrogen) atoms. The zero-order chi connectivity index (χ0) is 13.4. The van der Waals surface area contributed by atoms with Gasteiger partial charge in [0, 0.05) is 19.7 Å². The van der Waals surface area contributed by atoms with Crippen LogP contribution < -0.4 is 5.32 Å². The van der Waals surface area contributed by atoms with E-state index in [9.17, 15) is 0 Å². The normalized spacial score (nSPS) is 14.4. The molecule has 0 aromatic heterocycles. The number of ether oxygens (including phenoxy) is 1. The Hall–Kier alpha value is -0.860. The highest BCUT2D eigenvalue weighted by molar-refractivity contribution is 5.21. The van der Waals surface area contributed by atoms with Crippen molar-refractivity contribution in [1.82, 2.24) is 5.32 Å². The smallest absolute Gasteiger partial charge is 0.0713 e. The maximum atomic E-state index is 5.11. The van der Waals surface area contributed by atoms with Gasteiger partial charge in [-0.3, -0.25) is 0 Å². The van der Waals surface area contributed by atoms with Gasteiger partial charge in [0.15, 0.2) is 0 Å². The van der Waals surface area contributed by atoms with E-state index in [0.717, 1.165) is 12.5 Å². The van der Waals surface area contributed by atoms with Crippen LogP contribution in [0.25, 0.3) is 0 Å². The third-order valence-corrected chi connectivity index (χ3v) is 3.44. The minimum Gasteiger partial charge on any atom is -0.380 e. The summed E-state index contributed by atoms with van der Waals surface area (Å²) in [5, 5.41) is 3.58. The molecule has 1 N–H and O–H groups in total. The molecule has 2 unspecified atom stereocenters. The first-order valence-electron chi connectivity index (χ1n) is 6.95. The Morgan fingerprint density at radius 1 is 1.11 bits per heavy atom. The van der Waals surface area contributed by atoms with Crippen LogP contribution in [-0.4, -0.2) is 13.2 Å². The van der Waals surface area contributed by atoms with Crippen molar-refractivity contribution in [3.05, 3.63) is 35.4 Å². The summed E-state index contributed by atoms with van der Waals surface area (Å²) in [6.45, 7) is 8.48. The van der Waals surface area contributed by atoms with Gasteiger partial charge in [0.05, 0.1) is 6.61 Å². The average molecular weight is 249 g/mol. The summed E-state index contributed by atoms with van der Waals surface area (Å²) in [4.78, 5) is 0. The second kappa shape index (κ2) is 8.28. The van der Waals surface area contributed by atoms with E-state index in [-0.39, 0.29) is 0 Å². The first kappa shape index (κ1) is 15.2. The van der Waals surface area contributed by atoms with Crippen molar-refractivity contribution < 1.29 is 4.74 Å². The lowest BCUT2D eigenvalue weighted by Gasteiger charge is -2.17.